The smallest absolute Gasteiger partial charge is 0.193 e. The molecule has 2 rings (SSSR count). The second-order valence-corrected chi connectivity index (χ2v) is 4.62. The molecule has 0 fully saturated rings. The van der Waals surface area contributed by atoms with E-state index in [4.69, 9.17) is 0 Å². The first kappa shape index (κ1) is 11.1. The van der Waals surface area contributed by atoms with Crippen molar-refractivity contribution in [3.63, 3.8) is 0 Å². The average molecular weight is 275 g/mol. The van der Waals surface area contributed by atoms with Gasteiger partial charge in [-0.15, -0.1) is 0 Å². The van der Waals surface area contributed by atoms with Crippen LogP contribution in [0.2, 0.25) is 0 Å². The molecule has 16 heavy (non-hydrogen) atoms. The highest BCUT2D eigenvalue weighted by Gasteiger charge is 2.08. The van der Waals surface area contributed by atoms with Crippen LogP contribution in [0.5, 0.6) is 0 Å². The van der Waals surface area contributed by atoms with E-state index >= 15 is 0 Å². The van der Waals surface area contributed by atoms with Crippen LogP contribution in [-0.2, 0) is 0 Å². The van der Waals surface area contributed by atoms with Crippen molar-refractivity contribution in [3.05, 3.63) is 69.7 Å². The van der Waals surface area contributed by atoms with Crippen LogP contribution in [0.3, 0.4) is 0 Å². The highest BCUT2D eigenvalue weighted by molar-refractivity contribution is 9.10. The number of carbonyl (C=O) groups excluding carboxylic acids is 1. The lowest BCUT2D eigenvalue weighted by Crippen LogP contribution is -2.00. The summed E-state index contributed by atoms with van der Waals surface area (Å²) < 4.78 is 0.980. The summed E-state index contributed by atoms with van der Waals surface area (Å²) in [6, 6.07) is 15.1. The molecule has 80 valence electrons. The van der Waals surface area contributed by atoms with Gasteiger partial charge in [0.25, 0.3) is 0 Å². The van der Waals surface area contributed by atoms with E-state index in [-0.39, 0.29) is 5.78 Å². The van der Waals surface area contributed by atoms with Crippen LogP contribution in [0.25, 0.3) is 0 Å². The molecule has 2 heteroatoms. The molecule has 0 aromatic heterocycles. The normalized spacial score (nSPS) is 10.1. The first-order valence-corrected chi connectivity index (χ1v) is 5.83. The molecule has 0 aliphatic carbocycles. The molecule has 0 atom stereocenters. The number of benzene rings is 2. The van der Waals surface area contributed by atoms with Crippen molar-refractivity contribution in [1.82, 2.24) is 0 Å². The molecule has 0 bridgehead atoms. The Morgan fingerprint density at radius 3 is 2.31 bits per heavy atom. The third-order valence-corrected chi connectivity index (χ3v) is 2.92. The summed E-state index contributed by atoms with van der Waals surface area (Å²) in [6.45, 7) is 1.98. The van der Waals surface area contributed by atoms with Gasteiger partial charge in [0.05, 0.1) is 0 Å². The highest BCUT2D eigenvalue weighted by atomic mass is 79.9. The van der Waals surface area contributed by atoms with Crippen LogP contribution in [0.15, 0.2) is 53.0 Å². The number of carbonyl (C=O) groups is 1. The van der Waals surface area contributed by atoms with Gasteiger partial charge in [-0.2, -0.15) is 0 Å². The van der Waals surface area contributed by atoms with Crippen molar-refractivity contribution < 1.29 is 4.79 Å². The van der Waals surface area contributed by atoms with Crippen LogP contribution in [0.1, 0.15) is 21.5 Å². The Morgan fingerprint density at radius 1 is 1.00 bits per heavy atom. The Labute approximate surface area is 103 Å². The fraction of sp³-hybridized carbons (Fsp3) is 0.0714. The van der Waals surface area contributed by atoms with Gasteiger partial charge < -0.3 is 0 Å². The summed E-state index contributed by atoms with van der Waals surface area (Å²) >= 11 is 3.35. The second kappa shape index (κ2) is 4.62. The summed E-state index contributed by atoms with van der Waals surface area (Å²) in [5.41, 5.74) is 2.55. The number of rotatable bonds is 2. The standard InChI is InChI=1S/C14H11BrO/c1-10-3-2-4-12(9-10)14(16)11-5-7-13(15)8-6-11/h2-9H,1H3. The predicted molar refractivity (Wildman–Crippen MR) is 68.8 cm³/mol. The maximum atomic E-state index is 12.1. The molecule has 0 unspecified atom stereocenters. The maximum absolute atomic E-state index is 12.1. The lowest BCUT2D eigenvalue weighted by molar-refractivity contribution is 0.103. The summed E-state index contributed by atoms with van der Waals surface area (Å²) in [4.78, 5) is 12.1. The van der Waals surface area contributed by atoms with Gasteiger partial charge in [0.2, 0.25) is 0 Å². The van der Waals surface area contributed by atoms with E-state index in [2.05, 4.69) is 15.9 Å². The zero-order valence-corrected chi connectivity index (χ0v) is 10.5. The van der Waals surface area contributed by atoms with Crippen molar-refractivity contribution in [2.75, 3.05) is 0 Å². The molecule has 0 radical (unpaired) electrons. The van der Waals surface area contributed by atoms with E-state index in [1.165, 1.54) is 0 Å². The zero-order chi connectivity index (χ0) is 11.5. The van der Waals surface area contributed by atoms with E-state index in [9.17, 15) is 4.79 Å². The maximum Gasteiger partial charge on any atom is 0.193 e. The molecule has 0 amide bonds. The first-order valence-electron chi connectivity index (χ1n) is 5.04. The van der Waals surface area contributed by atoms with Crippen molar-refractivity contribution in [1.29, 1.82) is 0 Å². The Kier molecular flexibility index (Phi) is 3.20. The molecule has 0 saturated heterocycles. The zero-order valence-electron chi connectivity index (χ0n) is 8.91. The summed E-state index contributed by atoms with van der Waals surface area (Å²) in [6.07, 6.45) is 0. The fourth-order valence-corrected chi connectivity index (χ4v) is 1.82. The van der Waals surface area contributed by atoms with Crippen LogP contribution in [0, 0.1) is 6.92 Å². The van der Waals surface area contributed by atoms with Crippen molar-refractivity contribution in [2.24, 2.45) is 0 Å². The van der Waals surface area contributed by atoms with Gasteiger partial charge in [0, 0.05) is 15.6 Å². The van der Waals surface area contributed by atoms with E-state index in [1.54, 1.807) is 0 Å². The first-order chi connectivity index (χ1) is 7.66. The summed E-state index contributed by atoms with van der Waals surface area (Å²) in [5.74, 6) is 0.0659. The lowest BCUT2D eigenvalue weighted by Gasteiger charge is -2.02. The highest BCUT2D eigenvalue weighted by Crippen LogP contribution is 2.15. The molecular weight excluding hydrogens is 264 g/mol. The second-order valence-electron chi connectivity index (χ2n) is 3.71. The molecular formula is C14H11BrO. The van der Waals surface area contributed by atoms with Gasteiger partial charge in [0.1, 0.15) is 0 Å². The molecule has 0 aliphatic rings. The van der Waals surface area contributed by atoms with Crippen molar-refractivity contribution >= 4 is 21.7 Å². The Hall–Kier alpha value is -1.41. The van der Waals surface area contributed by atoms with Crippen LogP contribution in [0.4, 0.5) is 0 Å². The third-order valence-electron chi connectivity index (χ3n) is 2.39. The molecule has 1 nitrogen and oxygen atoms in total. The topological polar surface area (TPSA) is 17.1 Å². The van der Waals surface area contributed by atoms with Crippen LogP contribution >= 0.6 is 15.9 Å². The molecule has 0 aliphatic heterocycles. The van der Waals surface area contributed by atoms with Gasteiger partial charge in [-0.05, 0) is 37.3 Å². The van der Waals surface area contributed by atoms with Gasteiger partial charge in [-0.1, -0.05) is 39.7 Å². The summed E-state index contributed by atoms with van der Waals surface area (Å²) in [7, 11) is 0. The number of aryl methyl sites for hydroxylation is 1. The minimum Gasteiger partial charge on any atom is -0.289 e. The fourth-order valence-electron chi connectivity index (χ4n) is 1.55. The summed E-state index contributed by atoms with van der Waals surface area (Å²) in [5, 5.41) is 0. The number of halogens is 1. The minimum atomic E-state index is 0.0659. The molecule has 0 spiro atoms. The third kappa shape index (κ3) is 2.39. The van der Waals surface area contributed by atoms with Crippen molar-refractivity contribution in [2.45, 2.75) is 6.92 Å². The van der Waals surface area contributed by atoms with E-state index in [0.29, 0.717) is 5.56 Å². The SMILES string of the molecule is Cc1cccc(C(=O)c2ccc(Br)cc2)c1. The Bertz CT molecular complexity index is 515. The predicted octanol–water partition coefficient (Wildman–Crippen LogP) is 3.99. The van der Waals surface area contributed by atoms with E-state index in [0.717, 1.165) is 15.6 Å². The van der Waals surface area contributed by atoms with Gasteiger partial charge in [-0.25, -0.2) is 0 Å². The van der Waals surface area contributed by atoms with E-state index in [1.807, 2.05) is 55.5 Å². The number of hydrogen-bond donors (Lipinski definition) is 0. The molecule has 2 aromatic carbocycles. The van der Waals surface area contributed by atoms with Gasteiger partial charge in [-0.3, -0.25) is 4.79 Å². The number of hydrogen-bond acceptors (Lipinski definition) is 1. The van der Waals surface area contributed by atoms with Gasteiger partial charge >= 0.3 is 0 Å². The molecule has 2 aromatic rings. The molecule has 0 saturated carbocycles. The number of ketones is 1. The van der Waals surface area contributed by atoms with Crippen molar-refractivity contribution in [3.8, 4) is 0 Å². The average Bonchev–Trinajstić information content (AvgIpc) is 2.29. The Morgan fingerprint density at radius 2 is 1.69 bits per heavy atom. The quantitative estimate of drug-likeness (QED) is 0.757. The van der Waals surface area contributed by atoms with Gasteiger partial charge in [0.15, 0.2) is 5.78 Å². The largest absolute Gasteiger partial charge is 0.289 e. The van der Waals surface area contributed by atoms with Crippen LogP contribution in [-0.4, -0.2) is 5.78 Å². The monoisotopic (exact) mass is 274 g/mol. The molecule has 0 N–H and O–H groups in total. The lowest BCUT2D eigenvalue weighted by atomic mass is 10.0. The molecule has 0 heterocycles. The Balaban J connectivity index is 2.35. The van der Waals surface area contributed by atoms with Crippen LogP contribution < -0.4 is 0 Å². The minimum absolute atomic E-state index is 0.0659. The van der Waals surface area contributed by atoms with E-state index < -0.39 is 0 Å².